The summed E-state index contributed by atoms with van der Waals surface area (Å²) in [5.74, 6) is -0.593. The Morgan fingerprint density at radius 2 is 2.05 bits per heavy atom. The second-order valence-corrected chi connectivity index (χ2v) is 5.19. The van der Waals surface area contributed by atoms with Crippen LogP contribution in [-0.4, -0.2) is 30.0 Å². The van der Waals surface area contributed by atoms with Gasteiger partial charge in [0.05, 0.1) is 34.9 Å². The molecule has 0 aromatic heterocycles. The highest BCUT2D eigenvalue weighted by Gasteiger charge is 2.28. The number of nitrogens with one attached hydrogen (secondary N) is 1. The van der Waals surface area contributed by atoms with Crippen LogP contribution in [0.5, 0.6) is 0 Å². The van der Waals surface area contributed by atoms with Crippen LogP contribution in [-0.2, 0) is 9.47 Å². The molecule has 2 rings (SSSR count). The molecule has 19 heavy (non-hydrogen) atoms. The summed E-state index contributed by atoms with van der Waals surface area (Å²) in [7, 11) is 0. The predicted octanol–water partition coefficient (Wildman–Crippen LogP) is 2.81. The maximum atomic E-state index is 10.7. The van der Waals surface area contributed by atoms with E-state index in [4.69, 9.17) is 21.1 Å². The van der Waals surface area contributed by atoms with Crippen LogP contribution in [0.4, 0.5) is 11.4 Å². The topological polar surface area (TPSA) is 73.6 Å². The van der Waals surface area contributed by atoms with Crippen LogP contribution in [0.3, 0.4) is 0 Å². The number of halogens is 1. The highest BCUT2D eigenvalue weighted by Crippen LogP contribution is 2.28. The highest BCUT2D eigenvalue weighted by atomic mass is 35.5. The van der Waals surface area contributed by atoms with Gasteiger partial charge >= 0.3 is 0 Å². The summed E-state index contributed by atoms with van der Waals surface area (Å²) in [6.45, 7) is 4.57. The van der Waals surface area contributed by atoms with E-state index in [9.17, 15) is 10.1 Å². The molecule has 7 heteroatoms. The Kier molecular flexibility index (Phi) is 3.93. The summed E-state index contributed by atoms with van der Waals surface area (Å²) in [4.78, 5) is 10.3. The van der Waals surface area contributed by atoms with Gasteiger partial charge in [0.2, 0.25) is 0 Å². The Balaban J connectivity index is 2.07. The second kappa shape index (κ2) is 5.32. The van der Waals surface area contributed by atoms with Gasteiger partial charge in [0, 0.05) is 12.1 Å². The molecule has 0 aliphatic carbocycles. The van der Waals surface area contributed by atoms with E-state index < -0.39 is 10.7 Å². The number of rotatable bonds is 3. The fourth-order valence-corrected chi connectivity index (χ4v) is 1.91. The fraction of sp³-hybridized carbons (Fsp3) is 0.500. The third kappa shape index (κ3) is 3.56. The van der Waals surface area contributed by atoms with E-state index in [-0.39, 0.29) is 11.7 Å². The van der Waals surface area contributed by atoms with Gasteiger partial charge in [-0.3, -0.25) is 10.1 Å². The molecular formula is C12H15ClN2O4. The van der Waals surface area contributed by atoms with Gasteiger partial charge in [-0.1, -0.05) is 11.6 Å². The lowest BCUT2D eigenvalue weighted by Gasteiger charge is -2.35. The molecule has 0 unspecified atom stereocenters. The summed E-state index contributed by atoms with van der Waals surface area (Å²) in [6, 6.07) is 4.18. The first-order valence-electron chi connectivity index (χ1n) is 5.86. The SMILES string of the molecule is CC1(C)OCC(Nc2cc([N+](=O)[O-])ccc2Cl)CO1. The molecule has 1 N–H and O–H groups in total. The van der Waals surface area contributed by atoms with Gasteiger partial charge < -0.3 is 14.8 Å². The maximum absolute atomic E-state index is 10.7. The molecule has 0 amide bonds. The molecule has 1 saturated heterocycles. The number of nitro groups is 1. The standard InChI is InChI=1S/C12H15ClN2O4/c1-12(2)18-6-8(7-19-12)14-11-5-9(15(16)17)3-4-10(11)13/h3-5,8,14H,6-7H2,1-2H3. The van der Waals surface area contributed by atoms with Crippen molar-refractivity contribution in [2.45, 2.75) is 25.7 Å². The van der Waals surface area contributed by atoms with Gasteiger partial charge in [0.25, 0.3) is 5.69 Å². The van der Waals surface area contributed by atoms with E-state index in [1.807, 2.05) is 13.8 Å². The number of anilines is 1. The molecule has 104 valence electrons. The van der Waals surface area contributed by atoms with Gasteiger partial charge in [0.1, 0.15) is 0 Å². The lowest BCUT2D eigenvalue weighted by Crippen LogP contribution is -2.45. The van der Waals surface area contributed by atoms with Crippen LogP contribution >= 0.6 is 11.6 Å². The van der Waals surface area contributed by atoms with Crippen LogP contribution in [0.2, 0.25) is 5.02 Å². The predicted molar refractivity (Wildman–Crippen MR) is 71.5 cm³/mol. The molecule has 1 fully saturated rings. The Morgan fingerprint density at radius 3 is 2.63 bits per heavy atom. The van der Waals surface area contributed by atoms with Gasteiger partial charge in [-0.25, -0.2) is 0 Å². The minimum absolute atomic E-state index is 0.00937. The molecule has 6 nitrogen and oxygen atoms in total. The number of hydrogen-bond acceptors (Lipinski definition) is 5. The average molecular weight is 287 g/mol. The molecule has 1 aliphatic rings. The second-order valence-electron chi connectivity index (χ2n) is 4.78. The van der Waals surface area contributed by atoms with Crippen molar-refractivity contribution >= 4 is 23.0 Å². The van der Waals surface area contributed by atoms with Gasteiger partial charge in [-0.2, -0.15) is 0 Å². The number of non-ortho nitro benzene ring substituents is 1. The quantitative estimate of drug-likeness (QED) is 0.683. The average Bonchev–Trinajstić information content (AvgIpc) is 2.34. The van der Waals surface area contributed by atoms with E-state index in [1.165, 1.54) is 18.2 Å². The van der Waals surface area contributed by atoms with Crippen LogP contribution in [0.25, 0.3) is 0 Å². The smallest absolute Gasteiger partial charge is 0.271 e. The normalized spacial score (nSPS) is 19.1. The summed E-state index contributed by atoms with van der Waals surface area (Å²) >= 11 is 6.01. The van der Waals surface area contributed by atoms with Crippen LogP contribution < -0.4 is 5.32 Å². The lowest BCUT2D eigenvalue weighted by molar-refractivity contribution is -0.384. The fourth-order valence-electron chi connectivity index (χ4n) is 1.73. The van der Waals surface area contributed by atoms with Gasteiger partial charge in [-0.15, -0.1) is 0 Å². The van der Waals surface area contributed by atoms with E-state index in [0.29, 0.717) is 23.9 Å². The molecule has 0 bridgehead atoms. The van der Waals surface area contributed by atoms with E-state index in [0.717, 1.165) is 0 Å². The zero-order valence-electron chi connectivity index (χ0n) is 10.7. The van der Waals surface area contributed by atoms with Crippen molar-refractivity contribution in [2.75, 3.05) is 18.5 Å². The molecular weight excluding hydrogens is 272 g/mol. The first-order valence-corrected chi connectivity index (χ1v) is 6.23. The molecule has 1 aromatic carbocycles. The number of hydrogen-bond donors (Lipinski definition) is 1. The van der Waals surface area contributed by atoms with E-state index >= 15 is 0 Å². The monoisotopic (exact) mass is 286 g/mol. The zero-order chi connectivity index (χ0) is 14.0. The lowest BCUT2D eigenvalue weighted by atomic mass is 10.2. The molecule has 1 aromatic rings. The third-order valence-electron chi connectivity index (χ3n) is 2.78. The van der Waals surface area contributed by atoms with Crippen molar-refractivity contribution in [1.29, 1.82) is 0 Å². The molecule has 0 spiro atoms. The van der Waals surface area contributed by atoms with Crippen molar-refractivity contribution in [1.82, 2.24) is 0 Å². The Morgan fingerprint density at radius 1 is 1.42 bits per heavy atom. The number of nitro benzene ring substituents is 1. The van der Waals surface area contributed by atoms with E-state index in [2.05, 4.69) is 5.32 Å². The number of nitrogens with zero attached hydrogens (tertiary/aromatic N) is 1. The summed E-state index contributed by atoms with van der Waals surface area (Å²) < 4.78 is 11.0. The Labute approximate surface area is 115 Å². The summed E-state index contributed by atoms with van der Waals surface area (Å²) in [6.07, 6.45) is 0. The zero-order valence-corrected chi connectivity index (χ0v) is 11.4. The van der Waals surface area contributed by atoms with Crippen LogP contribution in [0.15, 0.2) is 18.2 Å². The molecule has 0 radical (unpaired) electrons. The van der Waals surface area contributed by atoms with Crippen molar-refractivity contribution in [3.63, 3.8) is 0 Å². The number of benzene rings is 1. The molecule has 1 aliphatic heterocycles. The van der Waals surface area contributed by atoms with Crippen molar-refractivity contribution in [3.8, 4) is 0 Å². The Hall–Kier alpha value is -1.37. The van der Waals surface area contributed by atoms with Gasteiger partial charge in [0.15, 0.2) is 5.79 Å². The van der Waals surface area contributed by atoms with E-state index in [1.54, 1.807) is 0 Å². The van der Waals surface area contributed by atoms with Crippen molar-refractivity contribution < 1.29 is 14.4 Å². The summed E-state index contributed by atoms with van der Waals surface area (Å²) in [5.41, 5.74) is 0.498. The van der Waals surface area contributed by atoms with Crippen molar-refractivity contribution in [3.05, 3.63) is 33.3 Å². The minimum atomic E-state index is -0.593. The molecule has 0 atom stereocenters. The first-order chi connectivity index (χ1) is 8.87. The maximum Gasteiger partial charge on any atom is 0.271 e. The van der Waals surface area contributed by atoms with Crippen LogP contribution in [0.1, 0.15) is 13.8 Å². The van der Waals surface area contributed by atoms with Crippen molar-refractivity contribution in [2.24, 2.45) is 0 Å². The first kappa shape index (κ1) is 14.0. The molecule has 1 heterocycles. The van der Waals surface area contributed by atoms with Gasteiger partial charge in [-0.05, 0) is 19.9 Å². The summed E-state index contributed by atoms with van der Waals surface area (Å²) in [5, 5.41) is 14.2. The highest BCUT2D eigenvalue weighted by molar-refractivity contribution is 6.33. The van der Waals surface area contributed by atoms with Crippen LogP contribution in [0, 0.1) is 10.1 Å². The largest absolute Gasteiger partial charge is 0.376 e. The number of ether oxygens (including phenoxy) is 2. The molecule has 0 saturated carbocycles. The minimum Gasteiger partial charge on any atom is -0.376 e. The third-order valence-corrected chi connectivity index (χ3v) is 3.11. The Bertz CT molecular complexity index is 483.